The molecule has 0 radical (unpaired) electrons. The summed E-state index contributed by atoms with van der Waals surface area (Å²) in [4.78, 5) is 28.4. The first-order chi connectivity index (χ1) is 13.6. The highest BCUT2D eigenvalue weighted by molar-refractivity contribution is 5.98. The molecule has 0 aliphatic rings. The molecule has 0 unspecified atom stereocenters. The molecule has 1 aromatic carbocycles. The van der Waals surface area contributed by atoms with Crippen LogP contribution in [0.25, 0.3) is 0 Å². The molecule has 2 aromatic rings. The van der Waals surface area contributed by atoms with Gasteiger partial charge in [-0.05, 0) is 36.2 Å². The van der Waals surface area contributed by atoms with Gasteiger partial charge in [0.05, 0.1) is 20.8 Å². The van der Waals surface area contributed by atoms with Crippen molar-refractivity contribution in [3.63, 3.8) is 0 Å². The lowest BCUT2D eigenvalue weighted by atomic mass is 10.1. The molecule has 0 atom stereocenters. The van der Waals surface area contributed by atoms with Crippen LogP contribution in [0.2, 0.25) is 0 Å². The fraction of sp³-hybridized carbons (Fsp3) is 0.350. The van der Waals surface area contributed by atoms with E-state index in [9.17, 15) is 9.59 Å². The average Bonchev–Trinajstić information content (AvgIpc) is 2.73. The first-order valence-electron chi connectivity index (χ1n) is 8.81. The van der Waals surface area contributed by atoms with Crippen molar-refractivity contribution >= 4 is 11.8 Å². The van der Waals surface area contributed by atoms with Crippen LogP contribution < -0.4 is 20.1 Å². The number of aromatic nitrogens is 1. The molecule has 2 N–H and O–H groups in total. The minimum Gasteiger partial charge on any atom is -0.493 e. The fourth-order valence-corrected chi connectivity index (χ4v) is 2.51. The van der Waals surface area contributed by atoms with E-state index in [1.165, 1.54) is 12.3 Å². The lowest BCUT2D eigenvalue weighted by Crippen LogP contribution is -2.29. The summed E-state index contributed by atoms with van der Waals surface area (Å²) in [5.74, 6) is 0.679. The number of pyridine rings is 1. The predicted molar refractivity (Wildman–Crippen MR) is 104 cm³/mol. The molecule has 0 aliphatic heterocycles. The Labute approximate surface area is 164 Å². The number of carbonyl (C=O) groups excluding carboxylic acids is 2. The minimum absolute atomic E-state index is 0.184. The molecule has 150 valence electrons. The van der Waals surface area contributed by atoms with E-state index in [1.54, 1.807) is 27.4 Å². The van der Waals surface area contributed by atoms with Crippen LogP contribution in [0, 0.1) is 0 Å². The molecule has 0 bridgehead atoms. The Kier molecular flexibility index (Phi) is 8.23. The Morgan fingerprint density at radius 2 is 1.68 bits per heavy atom. The van der Waals surface area contributed by atoms with E-state index in [0.717, 1.165) is 5.56 Å². The maximum Gasteiger partial charge on any atom is 0.269 e. The lowest BCUT2D eigenvalue weighted by molar-refractivity contribution is 0.0932. The van der Waals surface area contributed by atoms with Crippen molar-refractivity contribution in [2.24, 2.45) is 0 Å². The summed E-state index contributed by atoms with van der Waals surface area (Å²) in [6.45, 7) is 1.22. The zero-order valence-corrected chi connectivity index (χ0v) is 16.3. The van der Waals surface area contributed by atoms with E-state index >= 15 is 0 Å². The Hall–Kier alpha value is -3.13. The Bertz CT molecular complexity index is 810. The second-order valence-electron chi connectivity index (χ2n) is 5.87. The molecular weight excluding hydrogens is 362 g/mol. The van der Waals surface area contributed by atoms with Gasteiger partial charge in [0, 0.05) is 32.0 Å². The Morgan fingerprint density at radius 3 is 2.39 bits per heavy atom. The lowest BCUT2D eigenvalue weighted by Gasteiger charge is -2.10. The Morgan fingerprint density at radius 1 is 0.929 bits per heavy atom. The van der Waals surface area contributed by atoms with Gasteiger partial charge in [-0.1, -0.05) is 6.07 Å². The standard InChI is InChI=1S/C20H25N3O5/c1-26-11-10-23-20(25)16-13-15(7-9-21-16)19(24)22-8-6-14-4-5-17(27-2)18(12-14)28-3/h4-5,7,9,12-13H,6,8,10-11H2,1-3H3,(H,22,24)(H,23,25). The normalized spacial score (nSPS) is 10.2. The van der Waals surface area contributed by atoms with Crippen LogP contribution >= 0.6 is 0 Å². The molecule has 0 spiro atoms. The first-order valence-corrected chi connectivity index (χ1v) is 8.81. The van der Waals surface area contributed by atoms with E-state index < -0.39 is 0 Å². The second-order valence-corrected chi connectivity index (χ2v) is 5.87. The van der Waals surface area contributed by atoms with E-state index in [1.807, 2.05) is 18.2 Å². The summed E-state index contributed by atoms with van der Waals surface area (Å²) < 4.78 is 15.4. The van der Waals surface area contributed by atoms with E-state index in [0.29, 0.717) is 43.2 Å². The highest BCUT2D eigenvalue weighted by atomic mass is 16.5. The zero-order chi connectivity index (χ0) is 20.4. The van der Waals surface area contributed by atoms with E-state index in [2.05, 4.69) is 15.6 Å². The van der Waals surface area contributed by atoms with Crippen molar-refractivity contribution in [2.45, 2.75) is 6.42 Å². The third-order valence-corrected chi connectivity index (χ3v) is 3.99. The van der Waals surface area contributed by atoms with Crippen LogP contribution in [0.4, 0.5) is 0 Å². The van der Waals surface area contributed by atoms with Gasteiger partial charge in [0.15, 0.2) is 11.5 Å². The van der Waals surface area contributed by atoms with Gasteiger partial charge in [0.1, 0.15) is 5.69 Å². The van der Waals surface area contributed by atoms with Gasteiger partial charge >= 0.3 is 0 Å². The predicted octanol–water partition coefficient (Wildman–Crippen LogP) is 1.45. The number of hydrogen-bond acceptors (Lipinski definition) is 6. The quantitative estimate of drug-likeness (QED) is 0.599. The van der Waals surface area contributed by atoms with Crippen molar-refractivity contribution in [1.82, 2.24) is 15.6 Å². The summed E-state index contributed by atoms with van der Waals surface area (Å²) in [5.41, 5.74) is 1.56. The number of benzene rings is 1. The number of methoxy groups -OCH3 is 3. The molecular formula is C20H25N3O5. The summed E-state index contributed by atoms with van der Waals surface area (Å²) >= 11 is 0. The number of nitrogens with one attached hydrogen (secondary N) is 2. The van der Waals surface area contributed by atoms with E-state index in [-0.39, 0.29) is 17.5 Å². The van der Waals surface area contributed by atoms with Crippen molar-refractivity contribution in [2.75, 3.05) is 41.0 Å². The largest absolute Gasteiger partial charge is 0.493 e. The molecule has 8 heteroatoms. The summed E-state index contributed by atoms with van der Waals surface area (Å²) in [7, 11) is 4.71. The highest BCUT2D eigenvalue weighted by Gasteiger charge is 2.12. The van der Waals surface area contributed by atoms with Gasteiger partial charge in [0.2, 0.25) is 0 Å². The molecule has 2 amide bonds. The molecule has 0 saturated heterocycles. The van der Waals surface area contributed by atoms with Crippen LogP contribution in [0.1, 0.15) is 26.4 Å². The number of amides is 2. The molecule has 0 saturated carbocycles. The maximum atomic E-state index is 12.4. The zero-order valence-electron chi connectivity index (χ0n) is 16.3. The summed E-state index contributed by atoms with van der Waals surface area (Å²) in [6, 6.07) is 8.65. The molecule has 8 nitrogen and oxygen atoms in total. The van der Waals surface area contributed by atoms with Gasteiger partial charge in [-0.15, -0.1) is 0 Å². The molecule has 1 heterocycles. The summed E-state index contributed by atoms with van der Waals surface area (Å²) in [6.07, 6.45) is 2.07. The smallest absolute Gasteiger partial charge is 0.269 e. The molecule has 2 rings (SSSR count). The van der Waals surface area contributed by atoms with Crippen LogP contribution in [0.5, 0.6) is 11.5 Å². The summed E-state index contributed by atoms with van der Waals surface area (Å²) in [5, 5.41) is 5.51. The van der Waals surface area contributed by atoms with Gasteiger partial charge in [0.25, 0.3) is 11.8 Å². The number of nitrogens with zero attached hydrogens (tertiary/aromatic N) is 1. The number of ether oxygens (including phenoxy) is 3. The topological polar surface area (TPSA) is 98.8 Å². The maximum absolute atomic E-state index is 12.4. The van der Waals surface area contributed by atoms with Crippen molar-refractivity contribution < 1.29 is 23.8 Å². The third-order valence-electron chi connectivity index (χ3n) is 3.99. The van der Waals surface area contributed by atoms with Gasteiger partial charge in [-0.3, -0.25) is 14.6 Å². The van der Waals surface area contributed by atoms with Crippen molar-refractivity contribution in [3.8, 4) is 11.5 Å². The minimum atomic E-state index is -0.350. The van der Waals surface area contributed by atoms with Gasteiger partial charge < -0.3 is 24.8 Å². The molecule has 1 aromatic heterocycles. The van der Waals surface area contributed by atoms with Crippen molar-refractivity contribution in [3.05, 3.63) is 53.3 Å². The monoisotopic (exact) mass is 387 g/mol. The molecule has 0 fully saturated rings. The fourth-order valence-electron chi connectivity index (χ4n) is 2.51. The van der Waals surface area contributed by atoms with Crippen molar-refractivity contribution in [1.29, 1.82) is 0 Å². The van der Waals surface area contributed by atoms with E-state index in [4.69, 9.17) is 14.2 Å². The van der Waals surface area contributed by atoms with Crippen LogP contribution in [0.3, 0.4) is 0 Å². The number of rotatable bonds is 10. The average molecular weight is 387 g/mol. The van der Waals surface area contributed by atoms with Gasteiger partial charge in [-0.25, -0.2) is 0 Å². The number of hydrogen-bond donors (Lipinski definition) is 2. The van der Waals surface area contributed by atoms with Gasteiger partial charge in [-0.2, -0.15) is 0 Å². The number of carbonyl (C=O) groups is 2. The third kappa shape index (κ3) is 5.95. The first kappa shape index (κ1) is 21.2. The highest BCUT2D eigenvalue weighted by Crippen LogP contribution is 2.27. The Balaban J connectivity index is 1.91. The van der Waals surface area contributed by atoms with Crippen LogP contribution in [-0.4, -0.2) is 57.8 Å². The molecule has 0 aliphatic carbocycles. The van der Waals surface area contributed by atoms with Crippen LogP contribution in [-0.2, 0) is 11.2 Å². The van der Waals surface area contributed by atoms with Crippen LogP contribution in [0.15, 0.2) is 36.5 Å². The second kappa shape index (κ2) is 10.9. The SMILES string of the molecule is COCCNC(=O)c1cc(C(=O)NCCc2ccc(OC)c(OC)c2)ccn1. The molecule has 28 heavy (non-hydrogen) atoms.